The minimum atomic E-state index is -0.421. The average molecular weight is 380 g/mol. The van der Waals surface area contributed by atoms with E-state index in [1.165, 1.54) is 12.1 Å². The van der Waals surface area contributed by atoms with Crippen molar-refractivity contribution in [2.45, 2.75) is 0 Å². The van der Waals surface area contributed by atoms with Gasteiger partial charge in [-0.25, -0.2) is 4.39 Å². The van der Waals surface area contributed by atoms with Crippen LogP contribution in [0.3, 0.4) is 0 Å². The van der Waals surface area contributed by atoms with Crippen LogP contribution in [0.5, 0.6) is 0 Å². The van der Waals surface area contributed by atoms with E-state index in [1.807, 2.05) is 14.1 Å². The molecule has 0 aliphatic heterocycles. The van der Waals surface area contributed by atoms with Crippen LogP contribution < -0.4 is 10.2 Å². The molecule has 1 amide bonds. The lowest BCUT2D eigenvalue weighted by Crippen LogP contribution is -2.13. The summed E-state index contributed by atoms with van der Waals surface area (Å²) in [5.41, 5.74) is 2.13. The lowest BCUT2D eigenvalue weighted by atomic mass is 10.2. The third-order valence-corrected chi connectivity index (χ3v) is 4.21. The first-order chi connectivity index (χ1) is 13.4. The van der Waals surface area contributed by atoms with Gasteiger partial charge in [0, 0.05) is 37.8 Å². The highest BCUT2D eigenvalue weighted by atomic mass is 19.1. The van der Waals surface area contributed by atoms with Gasteiger partial charge in [-0.1, -0.05) is 5.10 Å². The number of rotatable bonds is 4. The van der Waals surface area contributed by atoms with Crippen molar-refractivity contribution in [3.63, 3.8) is 0 Å². The van der Waals surface area contributed by atoms with Crippen molar-refractivity contribution in [1.29, 1.82) is 0 Å². The molecule has 2 aromatic carbocycles. The van der Waals surface area contributed by atoms with Crippen LogP contribution in [-0.4, -0.2) is 40.0 Å². The zero-order valence-corrected chi connectivity index (χ0v) is 15.5. The van der Waals surface area contributed by atoms with Crippen molar-refractivity contribution in [2.24, 2.45) is 7.05 Å². The second-order valence-electron chi connectivity index (χ2n) is 6.45. The van der Waals surface area contributed by atoms with Crippen LogP contribution in [0, 0.1) is 5.82 Å². The number of aryl methyl sites for hydroxylation is 1. The SMILES string of the molecule is CN(C)c1nnc(-c2ccc(NC(=O)c3nn(C)c4ccc(F)cc34)cc2)o1. The van der Waals surface area contributed by atoms with Gasteiger partial charge in [0.15, 0.2) is 5.69 Å². The number of hydrogen-bond acceptors (Lipinski definition) is 6. The standard InChI is InChI=1S/C19H17FN6O2/c1-25(2)19-23-22-18(28-19)11-4-7-13(8-5-11)21-17(27)16-14-10-12(20)6-9-15(14)26(3)24-16/h4-10H,1-3H3,(H,21,27). The van der Waals surface area contributed by atoms with Crippen LogP contribution in [0.2, 0.25) is 0 Å². The number of benzene rings is 2. The summed E-state index contributed by atoms with van der Waals surface area (Å²) in [5, 5.41) is 15.4. The third-order valence-electron chi connectivity index (χ3n) is 4.21. The molecule has 1 N–H and O–H groups in total. The molecule has 0 radical (unpaired) electrons. The summed E-state index contributed by atoms with van der Waals surface area (Å²) >= 11 is 0. The molecular weight excluding hydrogens is 363 g/mol. The van der Waals surface area contributed by atoms with E-state index in [9.17, 15) is 9.18 Å². The maximum Gasteiger partial charge on any atom is 0.317 e. The molecule has 0 bridgehead atoms. The molecule has 0 atom stereocenters. The molecule has 9 heteroatoms. The molecule has 0 aliphatic rings. The predicted octanol–water partition coefficient (Wildman–Crippen LogP) is 3.08. The largest absolute Gasteiger partial charge is 0.403 e. The number of anilines is 2. The number of hydrogen-bond donors (Lipinski definition) is 1. The molecule has 4 aromatic rings. The lowest BCUT2D eigenvalue weighted by Gasteiger charge is -2.05. The predicted molar refractivity (Wildman–Crippen MR) is 103 cm³/mol. The van der Waals surface area contributed by atoms with Gasteiger partial charge in [0.25, 0.3) is 5.91 Å². The fourth-order valence-corrected chi connectivity index (χ4v) is 2.80. The van der Waals surface area contributed by atoms with Crippen molar-refractivity contribution in [2.75, 3.05) is 24.3 Å². The Morgan fingerprint density at radius 3 is 2.57 bits per heavy atom. The van der Waals surface area contributed by atoms with Gasteiger partial charge in [-0.05, 0) is 42.5 Å². The van der Waals surface area contributed by atoms with E-state index >= 15 is 0 Å². The van der Waals surface area contributed by atoms with E-state index in [0.717, 1.165) is 5.56 Å². The van der Waals surface area contributed by atoms with Crippen molar-refractivity contribution in [3.8, 4) is 11.5 Å². The summed E-state index contributed by atoms with van der Waals surface area (Å²) in [4.78, 5) is 14.3. The fourth-order valence-electron chi connectivity index (χ4n) is 2.80. The smallest absolute Gasteiger partial charge is 0.317 e. The Morgan fingerprint density at radius 1 is 1.14 bits per heavy atom. The van der Waals surface area contributed by atoms with Crippen LogP contribution in [-0.2, 0) is 7.05 Å². The van der Waals surface area contributed by atoms with Gasteiger partial charge in [-0.3, -0.25) is 9.48 Å². The van der Waals surface area contributed by atoms with Crippen LogP contribution in [0.4, 0.5) is 16.1 Å². The van der Waals surface area contributed by atoms with E-state index in [-0.39, 0.29) is 5.69 Å². The topological polar surface area (TPSA) is 89.1 Å². The number of nitrogens with one attached hydrogen (secondary N) is 1. The molecule has 8 nitrogen and oxygen atoms in total. The van der Waals surface area contributed by atoms with Gasteiger partial charge >= 0.3 is 6.01 Å². The van der Waals surface area contributed by atoms with Gasteiger partial charge in [0.1, 0.15) is 5.82 Å². The molecule has 4 rings (SSSR count). The van der Waals surface area contributed by atoms with Crippen molar-refractivity contribution < 1.29 is 13.6 Å². The Bertz CT molecular complexity index is 1160. The summed E-state index contributed by atoms with van der Waals surface area (Å²) in [5.74, 6) is -0.458. The highest BCUT2D eigenvalue weighted by molar-refractivity contribution is 6.11. The zero-order valence-electron chi connectivity index (χ0n) is 15.5. The summed E-state index contributed by atoms with van der Waals surface area (Å²) in [6, 6.07) is 11.6. The molecule has 0 saturated carbocycles. The molecule has 0 aliphatic carbocycles. The number of carbonyl (C=O) groups excluding carboxylic acids is 1. The Balaban J connectivity index is 1.56. The van der Waals surface area contributed by atoms with E-state index in [0.29, 0.717) is 28.5 Å². The Labute approximate surface area is 159 Å². The van der Waals surface area contributed by atoms with E-state index in [1.54, 1.807) is 47.0 Å². The first kappa shape index (κ1) is 17.7. The van der Waals surface area contributed by atoms with Gasteiger partial charge in [0.05, 0.1) is 5.52 Å². The Kier molecular flexibility index (Phi) is 4.26. The van der Waals surface area contributed by atoms with E-state index in [4.69, 9.17) is 4.42 Å². The zero-order chi connectivity index (χ0) is 19.8. The number of aromatic nitrogens is 4. The van der Waals surface area contributed by atoms with Crippen molar-refractivity contribution in [1.82, 2.24) is 20.0 Å². The maximum absolute atomic E-state index is 13.6. The lowest BCUT2D eigenvalue weighted by molar-refractivity contribution is 0.102. The number of carbonyl (C=O) groups is 1. The normalized spacial score (nSPS) is 11.0. The second kappa shape index (κ2) is 6.76. The molecular formula is C19H17FN6O2. The molecule has 0 fully saturated rings. The van der Waals surface area contributed by atoms with Gasteiger partial charge in [-0.2, -0.15) is 5.10 Å². The maximum atomic E-state index is 13.6. The van der Waals surface area contributed by atoms with Crippen molar-refractivity contribution in [3.05, 3.63) is 54.0 Å². The Hall–Kier alpha value is -3.75. The van der Waals surface area contributed by atoms with Gasteiger partial charge in [-0.15, -0.1) is 5.10 Å². The highest BCUT2D eigenvalue weighted by Gasteiger charge is 2.17. The molecule has 2 heterocycles. The first-order valence-electron chi connectivity index (χ1n) is 8.47. The average Bonchev–Trinajstić information content (AvgIpc) is 3.28. The summed E-state index contributed by atoms with van der Waals surface area (Å²) in [6.07, 6.45) is 0. The van der Waals surface area contributed by atoms with Gasteiger partial charge in [0.2, 0.25) is 5.89 Å². The molecule has 2 aromatic heterocycles. The Morgan fingerprint density at radius 2 is 1.89 bits per heavy atom. The fraction of sp³-hybridized carbons (Fsp3) is 0.158. The molecule has 0 spiro atoms. The van der Waals surface area contributed by atoms with Crippen molar-refractivity contribution >= 4 is 28.5 Å². The minimum absolute atomic E-state index is 0.161. The second-order valence-corrected chi connectivity index (χ2v) is 6.45. The molecule has 142 valence electrons. The summed E-state index contributed by atoms with van der Waals surface area (Å²) in [7, 11) is 5.32. The van der Waals surface area contributed by atoms with E-state index < -0.39 is 11.7 Å². The summed E-state index contributed by atoms with van der Waals surface area (Å²) in [6.45, 7) is 0. The van der Waals surface area contributed by atoms with Gasteiger partial charge < -0.3 is 14.6 Å². The monoisotopic (exact) mass is 380 g/mol. The quantitative estimate of drug-likeness (QED) is 0.585. The van der Waals surface area contributed by atoms with Crippen LogP contribution >= 0.6 is 0 Å². The van der Waals surface area contributed by atoms with Crippen LogP contribution in [0.1, 0.15) is 10.5 Å². The molecule has 28 heavy (non-hydrogen) atoms. The minimum Gasteiger partial charge on any atom is -0.403 e. The number of amides is 1. The highest BCUT2D eigenvalue weighted by Crippen LogP contribution is 2.24. The van der Waals surface area contributed by atoms with Crippen LogP contribution in [0.25, 0.3) is 22.4 Å². The third kappa shape index (κ3) is 3.18. The van der Waals surface area contributed by atoms with Crippen LogP contribution in [0.15, 0.2) is 46.9 Å². The number of halogens is 1. The van der Waals surface area contributed by atoms with E-state index in [2.05, 4.69) is 20.6 Å². The number of nitrogens with zero attached hydrogens (tertiary/aromatic N) is 5. The summed E-state index contributed by atoms with van der Waals surface area (Å²) < 4.78 is 20.7. The molecule has 0 unspecified atom stereocenters. The number of fused-ring (bicyclic) bond motifs is 1. The first-order valence-corrected chi connectivity index (χ1v) is 8.47. The molecule has 0 saturated heterocycles.